The Kier molecular flexibility index (Phi) is 6.53. The highest BCUT2D eigenvalue weighted by Gasteiger charge is 2.32. The lowest BCUT2D eigenvalue weighted by Gasteiger charge is -2.33. The minimum atomic E-state index is -4.43. The Morgan fingerprint density at radius 1 is 1.27 bits per heavy atom. The summed E-state index contributed by atoms with van der Waals surface area (Å²) in [4.78, 5) is 25.1. The quantitative estimate of drug-likeness (QED) is 0.273. The lowest BCUT2D eigenvalue weighted by molar-refractivity contribution is -0.153. The summed E-state index contributed by atoms with van der Waals surface area (Å²) in [5.74, 6) is 0.757. The summed E-state index contributed by atoms with van der Waals surface area (Å²) in [6, 6.07) is 7.58. The average molecular weight is 481 g/mol. The minimum Gasteiger partial charge on any atom is -0.484 e. The van der Waals surface area contributed by atoms with Gasteiger partial charge < -0.3 is 14.8 Å². The van der Waals surface area contributed by atoms with Crippen LogP contribution in [0.3, 0.4) is 0 Å². The van der Waals surface area contributed by atoms with Crippen molar-refractivity contribution in [3.8, 4) is 11.4 Å². The number of hydrogen-bond acceptors (Lipinski definition) is 6. The molecular formula is C22H23F3N4O3S. The Hall–Kier alpha value is -2.79. The van der Waals surface area contributed by atoms with Gasteiger partial charge in [-0.25, -0.2) is 4.98 Å². The van der Waals surface area contributed by atoms with Gasteiger partial charge >= 0.3 is 6.18 Å². The lowest BCUT2D eigenvalue weighted by atomic mass is 9.87. The van der Waals surface area contributed by atoms with E-state index in [0.29, 0.717) is 27.6 Å². The number of halogens is 3. The van der Waals surface area contributed by atoms with Crippen LogP contribution in [-0.4, -0.2) is 56.0 Å². The summed E-state index contributed by atoms with van der Waals surface area (Å²) in [5, 5.41) is 9.78. The second kappa shape index (κ2) is 9.22. The molecule has 3 aromatic rings. The summed E-state index contributed by atoms with van der Waals surface area (Å²) >= 11 is 1.43. The average Bonchev–Trinajstić information content (AvgIpc) is 3.23. The molecule has 1 aromatic carbocycles. The zero-order valence-electron chi connectivity index (χ0n) is 17.9. The molecule has 3 heterocycles. The first kappa shape index (κ1) is 23.4. The van der Waals surface area contributed by atoms with Crippen LogP contribution in [0.5, 0.6) is 5.75 Å². The van der Waals surface area contributed by atoms with E-state index in [-0.39, 0.29) is 23.5 Å². The third kappa shape index (κ3) is 5.41. The molecule has 0 spiro atoms. The summed E-state index contributed by atoms with van der Waals surface area (Å²) < 4.78 is 43.4. The van der Waals surface area contributed by atoms with Crippen LogP contribution in [-0.2, 0) is 0 Å². The zero-order chi connectivity index (χ0) is 23.6. The fourth-order valence-electron chi connectivity index (χ4n) is 3.64. The Balaban J connectivity index is 1.51. The molecule has 4 rings (SSSR count). The number of rotatable bonds is 9. The molecule has 0 amide bonds. The van der Waals surface area contributed by atoms with Crippen molar-refractivity contribution in [3.63, 3.8) is 0 Å². The number of nitrogens with one attached hydrogen (secondary N) is 1. The molecule has 2 aromatic heterocycles. The molecule has 1 unspecified atom stereocenters. The van der Waals surface area contributed by atoms with Crippen molar-refractivity contribution in [2.24, 2.45) is 4.99 Å². The van der Waals surface area contributed by atoms with Gasteiger partial charge in [0.2, 0.25) is 0 Å². The number of nitrogens with zero attached hydrogens (tertiary/aromatic N) is 3. The van der Waals surface area contributed by atoms with Crippen LogP contribution < -0.4 is 10.3 Å². The van der Waals surface area contributed by atoms with Gasteiger partial charge in [-0.3, -0.25) is 14.4 Å². The summed E-state index contributed by atoms with van der Waals surface area (Å²) in [6.07, 6.45) is -0.363. The third-order valence-electron chi connectivity index (χ3n) is 5.24. The first-order valence-electron chi connectivity index (χ1n) is 10.4. The maximum absolute atomic E-state index is 13.1. The van der Waals surface area contributed by atoms with Crippen molar-refractivity contribution >= 4 is 28.5 Å². The second-order valence-corrected chi connectivity index (χ2v) is 9.19. The van der Waals surface area contributed by atoms with Crippen LogP contribution in [0, 0.1) is 0 Å². The lowest BCUT2D eigenvalue weighted by Crippen LogP contribution is -2.39. The van der Waals surface area contributed by atoms with Crippen molar-refractivity contribution in [1.29, 1.82) is 0 Å². The fraction of sp³-hybridized carbons (Fsp3) is 0.409. The van der Waals surface area contributed by atoms with E-state index in [4.69, 9.17) is 4.74 Å². The molecular weight excluding hydrogens is 457 g/mol. The predicted molar refractivity (Wildman–Crippen MR) is 121 cm³/mol. The monoisotopic (exact) mass is 480 g/mol. The number of aliphatic hydroxyl groups excluding tert-OH is 1. The molecule has 0 bridgehead atoms. The van der Waals surface area contributed by atoms with Gasteiger partial charge in [0.25, 0.3) is 5.56 Å². The summed E-state index contributed by atoms with van der Waals surface area (Å²) in [6.45, 7) is 0.573. The molecule has 2 N–H and O–H groups in total. The molecule has 176 valence electrons. The van der Waals surface area contributed by atoms with Gasteiger partial charge in [0.15, 0.2) is 11.8 Å². The third-order valence-corrected chi connectivity index (χ3v) is 6.27. The van der Waals surface area contributed by atoms with Gasteiger partial charge in [0.1, 0.15) is 11.3 Å². The SMILES string of the molecule is CC1(CO)CC(CCCSc2nc3cc[nH]c3c(=O)n2-c2ccc(OCC(F)(F)F)cc2)=N1. The Bertz CT molecular complexity index is 1220. The number of H-pyrrole nitrogens is 1. The van der Waals surface area contributed by atoms with Crippen LogP contribution in [0.15, 0.2) is 51.5 Å². The predicted octanol–water partition coefficient (Wildman–Crippen LogP) is 4.12. The highest BCUT2D eigenvalue weighted by Crippen LogP contribution is 2.29. The highest BCUT2D eigenvalue weighted by atomic mass is 32.2. The van der Waals surface area contributed by atoms with Crippen molar-refractivity contribution < 1.29 is 23.0 Å². The first-order valence-corrected chi connectivity index (χ1v) is 11.4. The number of hydrogen-bond donors (Lipinski definition) is 2. The van der Waals surface area contributed by atoms with Gasteiger partial charge in [-0.05, 0) is 50.1 Å². The topological polar surface area (TPSA) is 92.5 Å². The number of benzene rings is 1. The fourth-order valence-corrected chi connectivity index (χ4v) is 4.59. The van der Waals surface area contributed by atoms with Gasteiger partial charge in [0.05, 0.1) is 23.3 Å². The number of aliphatic imine (C=N–C) groups is 1. The number of ether oxygens (including phenoxy) is 1. The number of aromatic nitrogens is 3. The molecule has 7 nitrogen and oxygen atoms in total. The number of aliphatic hydroxyl groups is 1. The number of aromatic amines is 1. The Labute approximate surface area is 191 Å². The van der Waals surface area contributed by atoms with E-state index in [0.717, 1.165) is 25.0 Å². The molecule has 11 heteroatoms. The van der Waals surface area contributed by atoms with E-state index < -0.39 is 12.8 Å². The van der Waals surface area contributed by atoms with Gasteiger partial charge in [-0.15, -0.1) is 0 Å². The van der Waals surface area contributed by atoms with Crippen molar-refractivity contribution in [2.45, 2.75) is 43.1 Å². The van der Waals surface area contributed by atoms with Crippen molar-refractivity contribution in [3.05, 3.63) is 46.9 Å². The van der Waals surface area contributed by atoms with E-state index in [1.165, 1.54) is 40.6 Å². The van der Waals surface area contributed by atoms with Crippen LogP contribution >= 0.6 is 11.8 Å². The normalized spacial score (nSPS) is 18.3. The van der Waals surface area contributed by atoms with Crippen LogP contribution in [0.1, 0.15) is 26.2 Å². The standard InChI is InChI=1S/C22H23F3N4O3S/c1-21(12-30)11-14(28-21)3-2-10-33-20-27-17-8-9-26-18(17)19(31)29(20)15-4-6-16(7-5-15)32-13-22(23,24)25/h4-9,26,30H,2-3,10-13H2,1H3. The van der Waals surface area contributed by atoms with Crippen molar-refractivity contribution in [1.82, 2.24) is 14.5 Å². The molecule has 1 aliphatic rings. The van der Waals surface area contributed by atoms with E-state index in [9.17, 15) is 23.1 Å². The van der Waals surface area contributed by atoms with Crippen molar-refractivity contribution in [2.75, 3.05) is 19.0 Å². The first-order chi connectivity index (χ1) is 15.7. The Morgan fingerprint density at radius 2 is 2.00 bits per heavy atom. The number of alkyl halides is 3. The molecule has 0 saturated heterocycles. The van der Waals surface area contributed by atoms with Crippen LogP contribution in [0.4, 0.5) is 13.2 Å². The maximum atomic E-state index is 13.1. The second-order valence-electron chi connectivity index (χ2n) is 8.13. The highest BCUT2D eigenvalue weighted by molar-refractivity contribution is 7.99. The van der Waals surface area contributed by atoms with Crippen LogP contribution in [0.2, 0.25) is 0 Å². The largest absolute Gasteiger partial charge is 0.484 e. The molecule has 0 saturated carbocycles. The zero-order valence-corrected chi connectivity index (χ0v) is 18.7. The van der Waals surface area contributed by atoms with Crippen LogP contribution in [0.25, 0.3) is 16.7 Å². The van der Waals surface area contributed by atoms with E-state index in [1.807, 2.05) is 6.92 Å². The van der Waals surface area contributed by atoms with E-state index in [2.05, 4.69) is 15.0 Å². The van der Waals surface area contributed by atoms with Gasteiger partial charge in [0, 0.05) is 24.1 Å². The molecule has 0 radical (unpaired) electrons. The van der Waals surface area contributed by atoms with E-state index in [1.54, 1.807) is 12.3 Å². The molecule has 0 aliphatic carbocycles. The minimum absolute atomic E-state index is 0.0398. The Morgan fingerprint density at radius 3 is 2.67 bits per heavy atom. The molecule has 0 fully saturated rings. The van der Waals surface area contributed by atoms with Gasteiger partial charge in [-0.1, -0.05) is 11.8 Å². The van der Waals surface area contributed by atoms with E-state index >= 15 is 0 Å². The summed E-state index contributed by atoms with van der Waals surface area (Å²) in [5.41, 5.74) is 1.81. The number of thioether (sulfide) groups is 1. The smallest absolute Gasteiger partial charge is 0.422 e. The summed E-state index contributed by atoms with van der Waals surface area (Å²) in [7, 11) is 0. The molecule has 1 atom stereocenters. The maximum Gasteiger partial charge on any atom is 0.422 e. The molecule has 33 heavy (non-hydrogen) atoms. The number of fused-ring (bicyclic) bond motifs is 1. The molecule has 1 aliphatic heterocycles. The van der Waals surface area contributed by atoms with Gasteiger partial charge in [-0.2, -0.15) is 13.2 Å².